The fraction of sp³-hybridized carbons (Fsp3) is 0.500. The molecule has 0 saturated heterocycles. The molecule has 3 amide bonds. The molecule has 0 aromatic heterocycles. The maximum atomic E-state index is 11.6. The number of fused-ring (bicyclic) bond motifs is 1. The van der Waals surface area contributed by atoms with Gasteiger partial charge in [-0.25, -0.2) is 4.79 Å². The number of hydrogen-bond donors (Lipinski definition) is 2. The van der Waals surface area contributed by atoms with Crippen molar-refractivity contribution in [3.8, 4) is 0 Å². The molecule has 0 radical (unpaired) electrons. The van der Waals surface area contributed by atoms with Gasteiger partial charge in [0.2, 0.25) is 5.91 Å². The van der Waals surface area contributed by atoms with Crippen molar-refractivity contribution < 1.29 is 9.59 Å². The van der Waals surface area contributed by atoms with Crippen LogP contribution in [-0.2, 0) is 11.2 Å². The van der Waals surface area contributed by atoms with Crippen LogP contribution in [0.2, 0.25) is 0 Å². The zero-order valence-corrected chi connectivity index (χ0v) is 12.7. The molecule has 2 N–H and O–H groups in total. The molecule has 5 nitrogen and oxygen atoms in total. The minimum absolute atomic E-state index is 0.245. The number of aryl methyl sites for hydroxylation is 1. The maximum Gasteiger partial charge on any atom is 0.321 e. The number of benzene rings is 1. The van der Waals surface area contributed by atoms with E-state index in [-0.39, 0.29) is 5.91 Å². The number of nitrogens with one attached hydrogen (secondary N) is 2. The van der Waals surface area contributed by atoms with Gasteiger partial charge in [-0.3, -0.25) is 15.0 Å². The van der Waals surface area contributed by atoms with E-state index in [1.807, 2.05) is 7.05 Å². The average molecular weight is 289 g/mol. The monoisotopic (exact) mass is 289 g/mol. The average Bonchev–Trinajstić information content (AvgIpc) is 2.51. The van der Waals surface area contributed by atoms with Gasteiger partial charge in [0.25, 0.3) is 0 Å². The van der Waals surface area contributed by atoms with Crippen molar-refractivity contribution in [2.24, 2.45) is 0 Å². The van der Waals surface area contributed by atoms with Crippen LogP contribution < -0.4 is 10.6 Å². The molecule has 1 aliphatic carbocycles. The number of amides is 3. The summed E-state index contributed by atoms with van der Waals surface area (Å²) in [5.41, 5.74) is 2.79. The van der Waals surface area contributed by atoms with Crippen LogP contribution in [0.15, 0.2) is 24.3 Å². The molecule has 0 spiro atoms. The first-order valence-electron chi connectivity index (χ1n) is 7.41. The first-order valence-corrected chi connectivity index (χ1v) is 7.41. The Balaban J connectivity index is 1.91. The highest BCUT2D eigenvalue weighted by atomic mass is 16.2. The second kappa shape index (κ2) is 7.22. The van der Waals surface area contributed by atoms with Gasteiger partial charge in [0.15, 0.2) is 0 Å². The van der Waals surface area contributed by atoms with Gasteiger partial charge < -0.3 is 5.32 Å². The summed E-state index contributed by atoms with van der Waals surface area (Å²) < 4.78 is 0. The molecule has 5 heteroatoms. The summed E-state index contributed by atoms with van der Waals surface area (Å²) in [6.07, 6.45) is 3.75. The lowest BCUT2D eigenvalue weighted by Crippen LogP contribution is -2.39. The molecule has 0 saturated carbocycles. The quantitative estimate of drug-likeness (QED) is 0.889. The van der Waals surface area contributed by atoms with Crippen molar-refractivity contribution in [2.75, 3.05) is 20.6 Å². The Hall–Kier alpha value is -1.88. The van der Waals surface area contributed by atoms with Crippen molar-refractivity contribution in [3.63, 3.8) is 0 Å². The fourth-order valence-corrected chi connectivity index (χ4v) is 2.87. The molecule has 114 valence electrons. The second-order valence-corrected chi connectivity index (χ2v) is 5.46. The van der Waals surface area contributed by atoms with Crippen molar-refractivity contribution in [1.29, 1.82) is 0 Å². The van der Waals surface area contributed by atoms with Crippen molar-refractivity contribution in [3.05, 3.63) is 35.4 Å². The number of carbonyl (C=O) groups excluding carboxylic acids is 2. The van der Waals surface area contributed by atoms with E-state index in [9.17, 15) is 9.59 Å². The molecule has 1 atom stereocenters. The van der Waals surface area contributed by atoms with Gasteiger partial charge in [-0.15, -0.1) is 0 Å². The predicted molar refractivity (Wildman–Crippen MR) is 82.0 cm³/mol. The minimum Gasteiger partial charge on any atom is -0.341 e. The van der Waals surface area contributed by atoms with E-state index in [0.717, 1.165) is 12.8 Å². The summed E-state index contributed by atoms with van der Waals surface area (Å²) in [7, 11) is 3.54. The molecule has 21 heavy (non-hydrogen) atoms. The molecule has 0 aliphatic heterocycles. The van der Waals surface area contributed by atoms with Crippen LogP contribution in [0.5, 0.6) is 0 Å². The van der Waals surface area contributed by atoms with Gasteiger partial charge in [0.05, 0.1) is 0 Å². The molecule has 1 aliphatic rings. The van der Waals surface area contributed by atoms with Gasteiger partial charge in [-0.2, -0.15) is 0 Å². The summed E-state index contributed by atoms with van der Waals surface area (Å²) in [6, 6.07) is 8.43. The zero-order chi connectivity index (χ0) is 15.2. The molecule has 1 aromatic rings. The standard InChI is InChI=1S/C16H23N3O2/c1-17-16(21)18-15(20)10-11-19(2)14-9-5-7-12-6-3-4-8-13(12)14/h3-4,6,8,14H,5,7,9-11H2,1-2H3,(H2,17,18,20,21)/t14-/m0/s1. The molecule has 2 rings (SSSR count). The van der Waals surface area contributed by atoms with E-state index in [4.69, 9.17) is 0 Å². The number of urea groups is 1. The van der Waals surface area contributed by atoms with Crippen LogP contribution in [0.4, 0.5) is 4.79 Å². The Morgan fingerprint density at radius 1 is 1.33 bits per heavy atom. The molecular weight excluding hydrogens is 266 g/mol. The van der Waals surface area contributed by atoms with E-state index in [0.29, 0.717) is 19.0 Å². The Bertz CT molecular complexity index is 516. The van der Waals surface area contributed by atoms with E-state index in [1.54, 1.807) is 0 Å². The highest BCUT2D eigenvalue weighted by molar-refractivity contribution is 5.94. The van der Waals surface area contributed by atoms with E-state index in [1.165, 1.54) is 24.6 Å². The van der Waals surface area contributed by atoms with Crippen molar-refractivity contribution in [1.82, 2.24) is 15.5 Å². The third-order valence-electron chi connectivity index (χ3n) is 4.04. The third-order valence-corrected chi connectivity index (χ3v) is 4.04. The van der Waals surface area contributed by atoms with Gasteiger partial charge in [-0.1, -0.05) is 24.3 Å². The lowest BCUT2D eigenvalue weighted by molar-refractivity contribution is -0.120. The number of imide groups is 1. The number of rotatable bonds is 4. The first-order chi connectivity index (χ1) is 10.1. The highest BCUT2D eigenvalue weighted by Crippen LogP contribution is 2.33. The minimum atomic E-state index is -0.453. The molecule has 0 unspecified atom stereocenters. The van der Waals surface area contributed by atoms with Crippen LogP contribution >= 0.6 is 0 Å². The summed E-state index contributed by atoms with van der Waals surface area (Å²) in [6.45, 7) is 0.641. The summed E-state index contributed by atoms with van der Waals surface area (Å²) >= 11 is 0. The Morgan fingerprint density at radius 2 is 2.10 bits per heavy atom. The SMILES string of the molecule is CNC(=O)NC(=O)CCN(C)[C@H]1CCCc2ccccc21. The normalized spacial score (nSPS) is 17.2. The van der Waals surface area contributed by atoms with Gasteiger partial charge in [0.1, 0.15) is 0 Å². The summed E-state index contributed by atoms with van der Waals surface area (Å²) in [5, 5.41) is 4.67. The topological polar surface area (TPSA) is 61.4 Å². The molecule has 0 heterocycles. The Kier molecular flexibility index (Phi) is 5.33. The van der Waals surface area contributed by atoms with Gasteiger partial charge in [-0.05, 0) is 37.4 Å². The first kappa shape index (κ1) is 15.5. The summed E-state index contributed by atoms with van der Waals surface area (Å²) in [4.78, 5) is 24.9. The third kappa shape index (κ3) is 4.04. The summed E-state index contributed by atoms with van der Waals surface area (Å²) in [5.74, 6) is -0.245. The van der Waals surface area contributed by atoms with E-state index in [2.05, 4.69) is 39.8 Å². The Labute approximate surface area is 125 Å². The number of hydrogen-bond acceptors (Lipinski definition) is 3. The molecule has 0 fully saturated rings. The number of carbonyl (C=O) groups is 2. The van der Waals surface area contributed by atoms with Crippen molar-refractivity contribution >= 4 is 11.9 Å². The molecular formula is C16H23N3O2. The van der Waals surface area contributed by atoms with Gasteiger partial charge >= 0.3 is 6.03 Å². The van der Waals surface area contributed by atoms with Crippen LogP contribution in [0.1, 0.15) is 36.4 Å². The molecule has 1 aromatic carbocycles. The van der Waals surface area contributed by atoms with Crippen molar-refractivity contribution in [2.45, 2.75) is 31.7 Å². The van der Waals surface area contributed by atoms with Crippen LogP contribution in [0.25, 0.3) is 0 Å². The zero-order valence-electron chi connectivity index (χ0n) is 12.7. The van der Waals surface area contributed by atoms with E-state index < -0.39 is 6.03 Å². The highest BCUT2D eigenvalue weighted by Gasteiger charge is 2.23. The predicted octanol–water partition coefficient (Wildman–Crippen LogP) is 1.84. The maximum absolute atomic E-state index is 11.6. The van der Waals surface area contributed by atoms with Crippen LogP contribution in [0, 0.1) is 0 Å². The van der Waals surface area contributed by atoms with Crippen LogP contribution in [-0.4, -0.2) is 37.5 Å². The lowest BCUT2D eigenvalue weighted by atomic mass is 9.87. The fourth-order valence-electron chi connectivity index (χ4n) is 2.87. The van der Waals surface area contributed by atoms with Gasteiger partial charge in [0, 0.05) is 26.1 Å². The molecule has 0 bridgehead atoms. The smallest absolute Gasteiger partial charge is 0.321 e. The van der Waals surface area contributed by atoms with Crippen LogP contribution in [0.3, 0.4) is 0 Å². The second-order valence-electron chi connectivity index (χ2n) is 5.46. The number of nitrogens with zero attached hydrogens (tertiary/aromatic N) is 1. The Morgan fingerprint density at radius 3 is 2.86 bits per heavy atom. The van der Waals surface area contributed by atoms with E-state index >= 15 is 0 Å². The largest absolute Gasteiger partial charge is 0.341 e. The lowest BCUT2D eigenvalue weighted by Gasteiger charge is -2.33.